The number of rotatable bonds is 4. The lowest BCUT2D eigenvalue weighted by Gasteiger charge is -2.12. The van der Waals surface area contributed by atoms with Crippen molar-refractivity contribution in [2.24, 2.45) is 0 Å². The van der Waals surface area contributed by atoms with Crippen molar-refractivity contribution in [1.82, 2.24) is 19.5 Å². The first-order valence-electron chi connectivity index (χ1n) is 7.99. The molecule has 6 nitrogen and oxygen atoms in total. The molecular formula is C16H22N4O2. The third-order valence-corrected chi connectivity index (χ3v) is 4.37. The van der Waals surface area contributed by atoms with Gasteiger partial charge in [-0.1, -0.05) is 6.92 Å². The average molecular weight is 302 g/mol. The van der Waals surface area contributed by atoms with E-state index in [0.29, 0.717) is 5.52 Å². The Morgan fingerprint density at radius 3 is 2.91 bits per heavy atom. The van der Waals surface area contributed by atoms with E-state index in [1.165, 1.54) is 4.57 Å². The minimum absolute atomic E-state index is 0.0552. The van der Waals surface area contributed by atoms with Crippen molar-refractivity contribution < 1.29 is 4.79 Å². The summed E-state index contributed by atoms with van der Waals surface area (Å²) in [6.45, 7) is 4.03. The summed E-state index contributed by atoms with van der Waals surface area (Å²) in [4.78, 5) is 24.7. The molecule has 2 heterocycles. The van der Waals surface area contributed by atoms with E-state index in [4.69, 9.17) is 0 Å². The third kappa shape index (κ3) is 2.65. The Morgan fingerprint density at radius 2 is 2.14 bits per heavy atom. The van der Waals surface area contributed by atoms with Gasteiger partial charge in [0.2, 0.25) is 5.91 Å². The molecule has 0 aromatic carbocycles. The van der Waals surface area contributed by atoms with E-state index >= 15 is 0 Å². The standard InChI is InChI=1S/C16H22N4O2/c1-3-11(2)17-14(21)10-19-8-9-20-15(16(19)22)12-6-4-5-7-13(12)18-20/h8-9,11H,3-7,10H2,1-2H3,(H,17,21)/t11-/m0/s1. The molecule has 3 rings (SSSR count). The number of carbonyl (C=O) groups is 1. The number of hydrogen-bond acceptors (Lipinski definition) is 3. The second-order valence-corrected chi connectivity index (χ2v) is 6.03. The first-order chi connectivity index (χ1) is 10.6. The number of carbonyl (C=O) groups excluding carboxylic acids is 1. The zero-order valence-electron chi connectivity index (χ0n) is 13.1. The molecule has 1 aliphatic rings. The fourth-order valence-electron chi connectivity index (χ4n) is 2.96. The fraction of sp³-hybridized carbons (Fsp3) is 0.562. The maximum absolute atomic E-state index is 12.7. The van der Waals surface area contributed by atoms with E-state index in [1.54, 1.807) is 16.9 Å². The van der Waals surface area contributed by atoms with Gasteiger partial charge in [0.15, 0.2) is 0 Å². The van der Waals surface area contributed by atoms with Crippen LogP contribution in [0, 0.1) is 0 Å². The van der Waals surface area contributed by atoms with Gasteiger partial charge in [0.05, 0.1) is 5.69 Å². The Balaban J connectivity index is 1.93. The number of amides is 1. The molecule has 0 spiro atoms. The zero-order valence-corrected chi connectivity index (χ0v) is 13.1. The van der Waals surface area contributed by atoms with Gasteiger partial charge in [0.25, 0.3) is 5.56 Å². The van der Waals surface area contributed by atoms with Gasteiger partial charge < -0.3 is 9.88 Å². The molecule has 0 saturated carbocycles. The molecule has 0 saturated heterocycles. The smallest absolute Gasteiger partial charge is 0.277 e. The molecule has 0 bridgehead atoms. The molecule has 1 aliphatic carbocycles. The predicted molar refractivity (Wildman–Crippen MR) is 84.0 cm³/mol. The number of fused-ring (bicyclic) bond motifs is 3. The van der Waals surface area contributed by atoms with Crippen LogP contribution < -0.4 is 10.9 Å². The third-order valence-electron chi connectivity index (χ3n) is 4.37. The highest BCUT2D eigenvalue weighted by atomic mass is 16.2. The molecule has 0 fully saturated rings. The van der Waals surface area contributed by atoms with Gasteiger partial charge in [-0.15, -0.1) is 0 Å². The lowest BCUT2D eigenvalue weighted by molar-refractivity contribution is -0.122. The van der Waals surface area contributed by atoms with Crippen LogP contribution in [-0.2, 0) is 24.2 Å². The fourth-order valence-corrected chi connectivity index (χ4v) is 2.96. The molecule has 22 heavy (non-hydrogen) atoms. The Bertz CT molecular complexity index is 759. The van der Waals surface area contributed by atoms with Crippen molar-refractivity contribution in [1.29, 1.82) is 0 Å². The number of aryl methyl sites for hydroxylation is 2. The molecule has 0 aliphatic heterocycles. The Kier molecular flexibility index (Phi) is 4.00. The van der Waals surface area contributed by atoms with Crippen LogP contribution in [-0.4, -0.2) is 26.1 Å². The summed E-state index contributed by atoms with van der Waals surface area (Å²) in [5, 5.41) is 7.39. The number of nitrogens with zero attached hydrogens (tertiary/aromatic N) is 3. The summed E-state index contributed by atoms with van der Waals surface area (Å²) >= 11 is 0. The Morgan fingerprint density at radius 1 is 1.36 bits per heavy atom. The molecule has 1 N–H and O–H groups in total. The maximum Gasteiger partial charge on any atom is 0.277 e. The summed E-state index contributed by atoms with van der Waals surface area (Å²) in [6, 6.07) is 0.120. The van der Waals surface area contributed by atoms with Crippen LogP contribution in [0.5, 0.6) is 0 Å². The Labute approximate surface area is 129 Å². The van der Waals surface area contributed by atoms with Gasteiger partial charge in [0, 0.05) is 24.0 Å². The number of aromatic nitrogens is 3. The zero-order chi connectivity index (χ0) is 15.7. The summed E-state index contributed by atoms with van der Waals surface area (Å²) in [5.41, 5.74) is 2.60. The molecular weight excluding hydrogens is 280 g/mol. The van der Waals surface area contributed by atoms with E-state index < -0.39 is 0 Å². The lowest BCUT2D eigenvalue weighted by Crippen LogP contribution is -2.37. The van der Waals surface area contributed by atoms with E-state index in [-0.39, 0.29) is 24.1 Å². The van der Waals surface area contributed by atoms with Gasteiger partial charge >= 0.3 is 0 Å². The quantitative estimate of drug-likeness (QED) is 0.925. The molecule has 6 heteroatoms. The molecule has 118 valence electrons. The largest absolute Gasteiger partial charge is 0.352 e. The van der Waals surface area contributed by atoms with Gasteiger partial charge in [-0.25, -0.2) is 4.52 Å². The van der Waals surface area contributed by atoms with Crippen molar-refractivity contribution >= 4 is 11.4 Å². The van der Waals surface area contributed by atoms with E-state index in [1.807, 2.05) is 13.8 Å². The first kappa shape index (κ1) is 14.8. The van der Waals surface area contributed by atoms with Crippen LogP contribution in [0.25, 0.3) is 5.52 Å². The van der Waals surface area contributed by atoms with Crippen molar-refractivity contribution in [3.8, 4) is 0 Å². The first-order valence-corrected chi connectivity index (χ1v) is 7.99. The average Bonchev–Trinajstić information content (AvgIpc) is 2.89. The molecule has 0 unspecified atom stereocenters. The molecule has 2 aromatic heterocycles. The van der Waals surface area contributed by atoms with Gasteiger partial charge in [-0.2, -0.15) is 5.10 Å². The van der Waals surface area contributed by atoms with E-state index in [9.17, 15) is 9.59 Å². The van der Waals surface area contributed by atoms with Crippen LogP contribution in [0.15, 0.2) is 17.2 Å². The monoisotopic (exact) mass is 302 g/mol. The van der Waals surface area contributed by atoms with E-state index in [0.717, 1.165) is 43.4 Å². The lowest BCUT2D eigenvalue weighted by atomic mass is 9.97. The van der Waals surface area contributed by atoms with Crippen molar-refractivity contribution in [2.75, 3.05) is 0 Å². The highest BCUT2D eigenvalue weighted by molar-refractivity contribution is 5.76. The van der Waals surface area contributed by atoms with Crippen molar-refractivity contribution in [3.63, 3.8) is 0 Å². The number of nitrogens with one attached hydrogen (secondary N) is 1. The number of hydrogen-bond donors (Lipinski definition) is 1. The molecule has 0 radical (unpaired) electrons. The molecule has 2 aromatic rings. The van der Waals surface area contributed by atoms with Crippen molar-refractivity contribution in [3.05, 3.63) is 34.0 Å². The van der Waals surface area contributed by atoms with Crippen LogP contribution in [0.2, 0.25) is 0 Å². The van der Waals surface area contributed by atoms with Gasteiger partial charge in [-0.05, 0) is 39.0 Å². The summed E-state index contributed by atoms with van der Waals surface area (Å²) in [7, 11) is 0. The summed E-state index contributed by atoms with van der Waals surface area (Å²) in [6.07, 6.45) is 8.34. The highest BCUT2D eigenvalue weighted by Gasteiger charge is 2.20. The molecule has 1 atom stereocenters. The predicted octanol–water partition coefficient (Wildman–Crippen LogP) is 1.29. The van der Waals surface area contributed by atoms with Crippen LogP contribution in [0.3, 0.4) is 0 Å². The van der Waals surface area contributed by atoms with Gasteiger partial charge in [-0.3, -0.25) is 9.59 Å². The summed E-state index contributed by atoms with van der Waals surface area (Å²) < 4.78 is 3.14. The van der Waals surface area contributed by atoms with Crippen LogP contribution >= 0.6 is 0 Å². The molecule has 1 amide bonds. The van der Waals surface area contributed by atoms with Gasteiger partial charge in [0.1, 0.15) is 12.1 Å². The second-order valence-electron chi connectivity index (χ2n) is 6.03. The van der Waals surface area contributed by atoms with Crippen molar-refractivity contribution in [2.45, 2.75) is 58.5 Å². The topological polar surface area (TPSA) is 68.4 Å². The highest BCUT2D eigenvalue weighted by Crippen LogP contribution is 2.22. The minimum Gasteiger partial charge on any atom is -0.352 e. The second kappa shape index (κ2) is 5.94. The minimum atomic E-state index is -0.130. The maximum atomic E-state index is 12.7. The van der Waals surface area contributed by atoms with E-state index in [2.05, 4.69) is 10.4 Å². The summed E-state index contributed by atoms with van der Waals surface area (Å²) in [5.74, 6) is -0.130. The Hall–Kier alpha value is -2.11. The normalized spacial score (nSPS) is 15.5. The SMILES string of the molecule is CC[C@H](C)NC(=O)Cn1ccn2nc3c(c2c1=O)CCCC3. The van der Waals surface area contributed by atoms with Crippen LogP contribution in [0.1, 0.15) is 44.4 Å². The van der Waals surface area contributed by atoms with Crippen LogP contribution in [0.4, 0.5) is 0 Å².